The van der Waals surface area contributed by atoms with Gasteiger partial charge in [0.25, 0.3) is 0 Å². The Balaban J connectivity index is 4.31. The number of aliphatic carboxylic acids is 1. The van der Waals surface area contributed by atoms with Crippen LogP contribution in [-0.4, -0.2) is 75.5 Å². The van der Waals surface area contributed by atoms with E-state index in [1.165, 1.54) is 83.5 Å². The molecule has 0 bridgehead atoms. The van der Waals surface area contributed by atoms with Gasteiger partial charge >= 0.3 is 11.9 Å². The van der Waals surface area contributed by atoms with Crippen LogP contribution < -0.4 is 5.11 Å². The summed E-state index contributed by atoms with van der Waals surface area (Å²) >= 11 is 0. The third-order valence-electron chi connectivity index (χ3n) is 11.5. The van der Waals surface area contributed by atoms with E-state index >= 15 is 0 Å². The summed E-state index contributed by atoms with van der Waals surface area (Å²) < 4.78 is 17.2. The van der Waals surface area contributed by atoms with E-state index in [4.69, 9.17) is 14.2 Å². The number of rotatable bonds is 47. The van der Waals surface area contributed by atoms with E-state index in [1.807, 2.05) is 0 Å². The zero-order chi connectivity index (χ0) is 48.4. The van der Waals surface area contributed by atoms with Crippen LogP contribution in [0.4, 0.5) is 0 Å². The summed E-state index contributed by atoms with van der Waals surface area (Å²) in [4.78, 5) is 37.1. The molecule has 0 aliphatic rings. The predicted octanol–water partition coefficient (Wildman–Crippen LogP) is 14.3. The molecular weight excluding hydrogens is 823 g/mol. The highest BCUT2D eigenvalue weighted by Gasteiger charge is 2.25. The molecule has 0 aromatic carbocycles. The van der Waals surface area contributed by atoms with Gasteiger partial charge in [-0.25, -0.2) is 0 Å². The molecule has 66 heavy (non-hydrogen) atoms. The fraction of sp³-hybridized carbons (Fsp3) is 0.707. The number of esters is 2. The maximum Gasteiger partial charge on any atom is 0.306 e. The molecule has 8 heteroatoms. The van der Waals surface area contributed by atoms with Crippen molar-refractivity contribution >= 4 is 17.9 Å². The zero-order valence-corrected chi connectivity index (χ0v) is 43.1. The van der Waals surface area contributed by atoms with Crippen molar-refractivity contribution < 1.29 is 38.2 Å². The minimum atomic E-state index is -1.13. The highest BCUT2D eigenvalue weighted by atomic mass is 16.6. The number of carbonyl (C=O) groups is 3. The lowest BCUT2D eigenvalue weighted by atomic mass is 10.1. The maximum atomic E-state index is 12.8. The van der Waals surface area contributed by atoms with E-state index in [1.54, 1.807) is 21.1 Å². The molecule has 0 N–H and O–H groups in total. The Bertz CT molecular complexity index is 1350. The van der Waals surface area contributed by atoms with E-state index < -0.39 is 18.1 Å². The molecule has 0 aromatic heterocycles. The zero-order valence-electron chi connectivity index (χ0n) is 43.1. The SMILES string of the molecule is CC/C=C/C/C=C/C/C=C/C/C=C/C/C=C/CCCCCC(=O)OCC(COCCC(C(=O)[O-])[N+](C)(C)C)OC(=O)CCCCCCCCC/C=C/C/C=C/CCCCCCCCCCC. The third kappa shape index (κ3) is 45.7. The molecule has 0 saturated heterocycles. The second kappa shape index (κ2) is 48.0. The predicted molar refractivity (Wildman–Crippen MR) is 277 cm³/mol. The number of carboxylic acid groups (broad SMARTS) is 1. The quantitative estimate of drug-likeness (QED) is 0.0259. The average Bonchev–Trinajstić information content (AvgIpc) is 3.28. The first-order valence-corrected chi connectivity index (χ1v) is 26.6. The third-order valence-corrected chi connectivity index (χ3v) is 11.5. The van der Waals surface area contributed by atoms with Crippen molar-refractivity contribution in [3.8, 4) is 0 Å². The molecule has 0 heterocycles. The lowest BCUT2D eigenvalue weighted by Gasteiger charge is -2.34. The number of carboxylic acids is 1. The van der Waals surface area contributed by atoms with Crippen LogP contribution in [0, 0.1) is 0 Å². The summed E-state index contributed by atoms with van der Waals surface area (Å²) in [5.74, 6) is -1.79. The van der Waals surface area contributed by atoms with E-state index in [2.05, 4.69) is 98.9 Å². The minimum absolute atomic E-state index is 0.0223. The monoisotopic (exact) mass is 922 g/mol. The molecule has 0 fully saturated rings. The summed E-state index contributed by atoms with van der Waals surface area (Å²) in [7, 11) is 5.40. The van der Waals surface area contributed by atoms with Crippen LogP contribution in [0.15, 0.2) is 85.1 Å². The second-order valence-electron chi connectivity index (χ2n) is 18.7. The Labute approximate surface area is 405 Å². The number of hydrogen-bond acceptors (Lipinski definition) is 7. The normalized spacial score (nSPS) is 13.5. The molecule has 0 spiro atoms. The molecule has 0 radical (unpaired) electrons. The van der Waals surface area contributed by atoms with Gasteiger partial charge in [-0.2, -0.15) is 0 Å². The number of likely N-dealkylation sites (N-methyl/N-ethyl adjacent to an activating group) is 1. The molecule has 0 amide bonds. The Hall–Kier alpha value is -3.49. The average molecular weight is 922 g/mol. The van der Waals surface area contributed by atoms with Gasteiger partial charge in [-0.3, -0.25) is 9.59 Å². The first kappa shape index (κ1) is 62.5. The fourth-order valence-electron chi connectivity index (χ4n) is 7.42. The van der Waals surface area contributed by atoms with Crippen LogP contribution in [0.1, 0.15) is 213 Å². The van der Waals surface area contributed by atoms with Crippen LogP contribution in [0.2, 0.25) is 0 Å². The molecular formula is C58H99NO7. The number of quaternary nitrogens is 1. The summed E-state index contributed by atoms with van der Waals surface area (Å²) in [5, 5.41) is 11.7. The smallest absolute Gasteiger partial charge is 0.306 e. The first-order chi connectivity index (χ1) is 32.1. The summed E-state index contributed by atoms with van der Waals surface area (Å²) in [6.07, 6.45) is 63.3. The minimum Gasteiger partial charge on any atom is -0.544 e. The van der Waals surface area contributed by atoms with Crippen molar-refractivity contribution in [1.82, 2.24) is 0 Å². The van der Waals surface area contributed by atoms with Crippen molar-refractivity contribution in [2.75, 3.05) is 41.0 Å². The van der Waals surface area contributed by atoms with Gasteiger partial charge in [0.05, 0.1) is 40.3 Å². The summed E-state index contributed by atoms with van der Waals surface area (Å²) in [5.41, 5.74) is 0. The van der Waals surface area contributed by atoms with Crippen LogP contribution in [0.3, 0.4) is 0 Å². The summed E-state index contributed by atoms with van der Waals surface area (Å²) in [6, 6.07) is -0.738. The van der Waals surface area contributed by atoms with E-state index in [-0.39, 0.29) is 42.7 Å². The first-order valence-electron chi connectivity index (χ1n) is 26.6. The van der Waals surface area contributed by atoms with E-state index in [9.17, 15) is 19.5 Å². The lowest BCUT2D eigenvalue weighted by molar-refractivity contribution is -0.889. The van der Waals surface area contributed by atoms with E-state index in [0.29, 0.717) is 12.8 Å². The number of carbonyl (C=O) groups excluding carboxylic acids is 3. The molecule has 2 atom stereocenters. The van der Waals surface area contributed by atoms with Crippen molar-refractivity contribution in [2.45, 2.75) is 225 Å². The van der Waals surface area contributed by atoms with E-state index in [0.717, 1.165) is 96.3 Å². The fourth-order valence-corrected chi connectivity index (χ4v) is 7.42. The van der Waals surface area contributed by atoms with Crippen molar-refractivity contribution in [3.63, 3.8) is 0 Å². The van der Waals surface area contributed by atoms with Crippen molar-refractivity contribution in [1.29, 1.82) is 0 Å². The standard InChI is InChI=1S/C58H99NO7/c1-6-8-10-12-14-16-18-20-22-24-26-27-28-29-31-33-35-37-39-41-43-45-47-49-57(61)66-54(52-64-51-50-55(58(62)63)59(3,4)5)53-65-56(60)48-46-44-42-40-38-36-34-32-30-25-23-21-19-17-15-13-11-9-7-2/h9,11,15,17,21,23,26-27,29-32,36,38,54-55H,6-8,10,12-14,16,18-20,22,24-25,28,33-35,37,39-53H2,1-5H3/b11-9+,17-15+,23-21+,27-26+,31-29+,32-30+,38-36+. The number of ether oxygens (including phenoxy) is 3. The second-order valence-corrected chi connectivity index (χ2v) is 18.7. The molecule has 2 unspecified atom stereocenters. The highest BCUT2D eigenvalue weighted by Crippen LogP contribution is 2.14. The largest absolute Gasteiger partial charge is 0.544 e. The highest BCUT2D eigenvalue weighted by molar-refractivity contribution is 5.70. The maximum absolute atomic E-state index is 12.8. The molecule has 0 aliphatic heterocycles. The van der Waals surface area contributed by atoms with Gasteiger partial charge in [0.1, 0.15) is 12.6 Å². The van der Waals surface area contributed by atoms with Crippen LogP contribution in [-0.2, 0) is 28.6 Å². The Morgan fingerprint density at radius 1 is 0.470 bits per heavy atom. The van der Waals surface area contributed by atoms with Gasteiger partial charge in [0, 0.05) is 19.3 Å². The number of nitrogens with zero attached hydrogens (tertiary/aromatic N) is 1. The van der Waals surface area contributed by atoms with Gasteiger partial charge in [-0.15, -0.1) is 0 Å². The van der Waals surface area contributed by atoms with Gasteiger partial charge in [-0.1, -0.05) is 189 Å². The molecule has 0 aromatic rings. The van der Waals surface area contributed by atoms with Crippen molar-refractivity contribution in [3.05, 3.63) is 85.1 Å². The van der Waals surface area contributed by atoms with Crippen LogP contribution in [0.5, 0.6) is 0 Å². The molecule has 378 valence electrons. The van der Waals surface area contributed by atoms with Crippen LogP contribution in [0.25, 0.3) is 0 Å². The topological polar surface area (TPSA) is 102 Å². The van der Waals surface area contributed by atoms with Gasteiger partial charge in [-0.05, 0) is 89.9 Å². The number of hydrogen-bond donors (Lipinski definition) is 0. The molecule has 8 nitrogen and oxygen atoms in total. The molecule has 0 rings (SSSR count). The Morgan fingerprint density at radius 3 is 1.27 bits per heavy atom. The van der Waals surface area contributed by atoms with Gasteiger partial charge in [0.15, 0.2) is 6.10 Å². The molecule has 0 saturated carbocycles. The molecule has 0 aliphatic carbocycles. The van der Waals surface area contributed by atoms with Crippen LogP contribution >= 0.6 is 0 Å². The lowest BCUT2D eigenvalue weighted by Crippen LogP contribution is -2.55. The number of unbranched alkanes of at least 4 members (excludes halogenated alkanes) is 19. The Kier molecular flexibility index (Phi) is 45.4. The van der Waals surface area contributed by atoms with Crippen molar-refractivity contribution in [2.24, 2.45) is 0 Å². The van der Waals surface area contributed by atoms with Gasteiger partial charge < -0.3 is 28.6 Å². The van der Waals surface area contributed by atoms with Gasteiger partial charge in [0.2, 0.25) is 0 Å². The Morgan fingerprint density at radius 2 is 0.848 bits per heavy atom. The number of allylic oxidation sites excluding steroid dienone is 14. The summed E-state index contributed by atoms with van der Waals surface area (Å²) in [6.45, 7) is 4.51.